The molecular weight excluding hydrogens is 320 g/mol. The second-order valence-corrected chi connectivity index (χ2v) is 7.45. The minimum atomic E-state index is -0.583. The van der Waals surface area contributed by atoms with E-state index in [1.807, 2.05) is 0 Å². The highest BCUT2D eigenvalue weighted by Gasteiger charge is 1.98. The van der Waals surface area contributed by atoms with Crippen LogP contribution in [0.25, 0.3) is 0 Å². The van der Waals surface area contributed by atoms with Gasteiger partial charge in [0.15, 0.2) is 0 Å². The van der Waals surface area contributed by atoms with E-state index in [2.05, 4.69) is 49.7 Å². The molecule has 0 radical (unpaired) electrons. The van der Waals surface area contributed by atoms with Gasteiger partial charge in [-0.3, -0.25) is 0 Å². The van der Waals surface area contributed by atoms with Crippen molar-refractivity contribution in [3.8, 4) is 23.7 Å². The highest BCUT2D eigenvalue weighted by atomic mass is 16.3. The fourth-order valence-corrected chi connectivity index (χ4v) is 2.81. The van der Waals surface area contributed by atoms with E-state index in [1.54, 1.807) is 0 Å². The summed E-state index contributed by atoms with van der Waals surface area (Å²) in [7, 11) is 0. The number of rotatable bonds is 15. The molecule has 0 spiro atoms. The Labute approximate surface area is 162 Å². The predicted octanol–water partition coefficient (Wildman–Crippen LogP) is 5.63. The number of allylic oxidation sites excluding steroid dienone is 2. The van der Waals surface area contributed by atoms with Crippen LogP contribution in [0, 0.1) is 29.6 Å². The summed E-state index contributed by atoms with van der Waals surface area (Å²) in [6.45, 7) is 4.41. The highest BCUT2D eigenvalue weighted by Crippen LogP contribution is 2.12. The van der Waals surface area contributed by atoms with Crippen molar-refractivity contribution in [2.24, 2.45) is 5.92 Å². The van der Waals surface area contributed by atoms with Crippen molar-refractivity contribution in [2.45, 2.75) is 103 Å². The summed E-state index contributed by atoms with van der Waals surface area (Å²) >= 11 is 0. The molecule has 0 aromatic rings. The van der Waals surface area contributed by atoms with E-state index in [9.17, 15) is 5.11 Å². The Hall–Kier alpha value is -1.22. The molecule has 0 aromatic heterocycles. The summed E-state index contributed by atoms with van der Waals surface area (Å²) in [6, 6.07) is 0. The average Bonchev–Trinajstić information content (AvgIpc) is 2.61. The van der Waals surface area contributed by atoms with E-state index < -0.39 is 6.10 Å². The largest absolute Gasteiger partial charge is 0.384 e. The summed E-state index contributed by atoms with van der Waals surface area (Å²) in [6.07, 6.45) is 20.1. The fraction of sp³-hybridized carbons (Fsp3) is 0.750. The topological polar surface area (TPSA) is 40.5 Å². The Balaban J connectivity index is 3.29. The first-order valence-corrected chi connectivity index (χ1v) is 10.6. The number of aliphatic hydroxyl groups excluding tert-OH is 2. The van der Waals surface area contributed by atoms with Gasteiger partial charge in [-0.25, -0.2) is 0 Å². The quantitative estimate of drug-likeness (QED) is 0.226. The highest BCUT2D eigenvalue weighted by molar-refractivity contribution is 5.27. The summed E-state index contributed by atoms with van der Waals surface area (Å²) < 4.78 is 0. The molecule has 2 heteroatoms. The van der Waals surface area contributed by atoms with Gasteiger partial charge in [0.05, 0.1) is 0 Å². The second-order valence-electron chi connectivity index (χ2n) is 7.45. The molecule has 0 aliphatic carbocycles. The van der Waals surface area contributed by atoms with Gasteiger partial charge in [-0.2, -0.15) is 0 Å². The zero-order chi connectivity index (χ0) is 19.3. The SMILES string of the molecule is CC(C)CCCC/C=C\CCCCCCCCC[C@@H](O)C#CC#CCO. The van der Waals surface area contributed by atoms with Crippen molar-refractivity contribution >= 4 is 0 Å². The maximum Gasteiger partial charge on any atom is 0.115 e. The van der Waals surface area contributed by atoms with E-state index in [0.29, 0.717) is 0 Å². The lowest BCUT2D eigenvalue weighted by Crippen LogP contribution is -2.01. The average molecular weight is 361 g/mol. The Morgan fingerprint density at radius 1 is 0.731 bits per heavy atom. The Kier molecular flexibility index (Phi) is 19.2. The van der Waals surface area contributed by atoms with Crippen LogP contribution in [0.15, 0.2) is 12.2 Å². The first kappa shape index (κ1) is 24.8. The van der Waals surface area contributed by atoms with Crippen LogP contribution in [-0.2, 0) is 0 Å². The van der Waals surface area contributed by atoms with E-state index >= 15 is 0 Å². The Morgan fingerprint density at radius 2 is 1.27 bits per heavy atom. The van der Waals surface area contributed by atoms with Crippen LogP contribution < -0.4 is 0 Å². The molecule has 0 saturated carbocycles. The standard InChI is InChI=1S/C24H40O2/c1-23(2)19-15-12-10-8-6-4-3-5-7-9-11-13-16-20-24(26)21-17-14-18-22-25/h6,8,23-26H,3-5,7,9-13,15-16,19-20,22H2,1-2H3/b8-6-/t24-/m1/s1. The lowest BCUT2D eigenvalue weighted by molar-refractivity contribution is 0.217. The van der Waals surface area contributed by atoms with Gasteiger partial charge < -0.3 is 10.2 Å². The Bertz CT molecular complexity index is 442. The van der Waals surface area contributed by atoms with E-state index in [4.69, 9.17) is 5.11 Å². The monoisotopic (exact) mass is 360 g/mol. The molecule has 0 unspecified atom stereocenters. The van der Waals surface area contributed by atoms with Crippen molar-refractivity contribution in [3.63, 3.8) is 0 Å². The number of unbranched alkanes of at least 4 members (excludes halogenated alkanes) is 9. The van der Waals surface area contributed by atoms with Crippen LogP contribution in [0.1, 0.15) is 97.3 Å². The van der Waals surface area contributed by atoms with E-state index in [1.165, 1.54) is 64.2 Å². The molecule has 0 saturated heterocycles. The predicted molar refractivity (Wildman–Crippen MR) is 113 cm³/mol. The zero-order valence-corrected chi connectivity index (χ0v) is 17.1. The van der Waals surface area contributed by atoms with Crippen LogP contribution in [0.2, 0.25) is 0 Å². The Morgan fingerprint density at radius 3 is 1.88 bits per heavy atom. The van der Waals surface area contributed by atoms with Crippen LogP contribution in [0.5, 0.6) is 0 Å². The van der Waals surface area contributed by atoms with Crippen LogP contribution in [-0.4, -0.2) is 22.9 Å². The van der Waals surface area contributed by atoms with Gasteiger partial charge in [0, 0.05) is 0 Å². The van der Waals surface area contributed by atoms with Gasteiger partial charge >= 0.3 is 0 Å². The molecule has 0 rings (SSSR count). The summed E-state index contributed by atoms with van der Waals surface area (Å²) in [5.41, 5.74) is 0. The van der Waals surface area contributed by atoms with Gasteiger partial charge in [-0.1, -0.05) is 82.8 Å². The molecule has 0 bridgehead atoms. The van der Waals surface area contributed by atoms with Crippen LogP contribution in [0.4, 0.5) is 0 Å². The van der Waals surface area contributed by atoms with Crippen LogP contribution in [0.3, 0.4) is 0 Å². The maximum atomic E-state index is 9.65. The molecule has 0 amide bonds. The third-order valence-corrected chi connectivity index (χ3v) is 4.39. The molecule has 1 atom stereocenters. The lowest BCUT2D eigenvalue weighted by atomic mass is 10.0. The van der Waals surface area contributed by atoms with Gasteiger partial charge in [0.2, 0.25) is 0 Å². The van der Waals surface area contributed by atoms with Gasteiger partial charge in [-0.15, -0.1) is 0 Å². The maximum absolute atomic E-state index is 9.65. The lowest BCUT2D eigenvalue weighted by Gasteiger charge is -2.03. The molecule has 0 fully saturated rings. The second kappa shape index (κ2) is 20.1. The molecule has 148 valence electrons. The minimum Gasteiger partial charge on any atom is -0.384 e. The molecule has 2 N–H and O–H groups in total. The normalized spacial score (nSPS) is 11.9. The molecule has 26 heavy (non-hydrogen) atoms. The molecule has 0 aliphatic heterocycles. The zero-order valence-electron chi connectivity index (χ0n) is 17.1. The molecular formula is C24H40O2. The fourth-order valence-electron chi connectivity index (χ4n) is 2.81. The van der Waals surface area contributed by atoms with Gasteiger partial charge in [-0.05, 0) is 56.3 Å². The molecule has 0 aliphatic rings. The molecule has 0 aromatic carbocycles. The van der Waals surface area contributed by atoms with Crippen molar-refractivity contribution in [1.29, 1.82) is 0 Å². The summed E-state index contributed by atoms with van der Waals surface area (Å²) in [4.78, 5) is 0. The third kappa shape index (κ3) is 20.8. The third-order valence-electron chi connectivity index (χ3n) is 4.39. The summed E-state index contributed by atoms with van der Waals surface area (Å²) in [5.74, 6) is 11.0. The van der Waals surface area contributed by atoms with E-state index in [-0.39, 0.29) is 6.61 Å². The number of aliphatic hydroxyl groups is 2. The van der Waals surface area contributed by atoms with Crippen molar-refractivity contribution in [2.75, 3.05) is 6.61 Å². The smallest absolute Gasteiger partial charge is 0.115 e. The van der Waals surface area contributed by atoms with Crippen LogP contribution >= 0.6 is 0 Å². The first-order valence-electron chi connectivity index (χ1n) is 10.6. The van der Waals surface area contributed by atoms with E-state index in [0.717, 1.165) is 25.2 Å². The first-order chi connectivity index (χ1) is 12.7. The van der Waals surface area contributed by atoms with Gasteiger partial charge in [0.1, 0.15) is 12.7 Å². The van der Waals surface area contributed by atoms with Gasteiger partial charge in [0.25, 0.3) is 0 Å². The summed E-state index contributed by atoms with van der Waals surface area (Å²) in [5, 5.41) is 18.1. The van der Waals surface area contributed by atoms with Crippen molar-refractivity contribution < 1.29 is 10.2 Å². The van der Waals surface area contributed by atoms with Crippen molar-refractivity contribution in [3.05, 3.63) is 12.2 Å². The number of hydrogen-bond acceptors (Lipinski definition) is 2. The molecule has 2 nitrogen and oxygen atoms in total. The van der Waals surface area contributed by atoms with Crippen molar-refractivity contribution in [1.82, 2.24) is 0 Å². The minimum absolute atomic E-state index is 0.181. The molecule has 0 heterocycles. The number of hydrogen-bond donors (Lipinski definition) is 2.